The zero-order valence-electron chi connectivity index (χ0n) is 16.9. The van der Waals surface area contributed by atoms with Crippen LogP contribution in [0.25, 0.3) is 22.2 Å². The lowest BCUT2D eigenvalue weighted by atomic mass is 10.0. The Hall–Kier alpha value is -3.44. The number of hydrogen-bond acceptors (Lipinski definition) is 4. The number of halogens is 1. The van der Waals surface area contributed by atoms with Gasteiger partial charge in [0.1, 0.15) is 0 Å². The molecular formula is C25H21ClN4O. The Labute approximate surface area is 185 Å². The lowest BCUT2D eigenvalue weighted by Gasteiger charge is -2.36. The number of amides is 1. The van der Waals surface area contributed by atoms with Crippen molar-refractivity contribution >= 4 is 34.1 Å². The summed E-state index contributed by atoms with van der Waals surface area (Å²) < 4.78 is 0. The molecule has 0 bridgehead atoms. The average molecular weight is 429 g/mol. The monoisotopic (exact) mass is 428 g/mol. The maximum absolute atomic E-state index is 13.5. The third-order valence-electron chi connectivity index (χ3n) is 5.68. The molecule has 2 aromatic carbocycles. The zero-order chi connectivity index (χ0) is 21.2. The van der Waals surface area contributed by atoms with Gasteiger partial charge >= 0.3 is 0 Å². The summed E-state index contributed by atoms with van der Waals surface area (Å²) in [6.07, 6.45) is 3.48. The lowest BCUT2D eigenvalue weighted by Crippen LogP contribution is -2.49. The Balaban J connectivity index is 1.44. The minimum absolute atomic E-state index is 0.0349. The molecule has 0 spiro atoms. The van der Waals surface area contributed by atoms with Crippen LogP contribution in [-0.2, 0) is 0 Å². The van der Waals surface area contributed by atoms with Crippen molar-refractivity contribution in [3.05, 3.63) is 89.7 Å². The minimum Gasteiger partial charge on any atom is -0.367 e. The van der Waals surface area contributed by atoms with Gasteiger partial charge < -0.3 is 9.80 Å². The number of carbonyl (C=O) groups is 1. The van der Waals surface area contributed by atoms with Crippen molar-refractivity contribution in [1.82, 2.24) is 14.9 Å². The molecule has 4 aromatic rings. The molecule has 1 aliphatic rings. The number of carbonyl (C=O) groups excluding carboxylic acids is 1. The van der Waals surface area contributed by atoms with E-state index in [1.807, 2.05) is 71.6 Å². The second-order valence-electron chi connectivity index (χ2n) is 7.54. The molecule has 1 amide bonds. The first-order valence-corrected chi connectivity index (χ1v) is 10.7. The van der Waals surface area contributed by atoms with Crippen molar-refractivity contribution in [2.75, 3.05) is 31.1 Å². The second kappa shape index (κ2) is 8.36. The predicted octanol–water partition coefficient (Wildman–Crippen LogP) is 4.91. The predicted molar refractivity (Wildman–Crippen MR) is 125 cm³/mol. The molecule has 6 heteroatoms. The molecule has 0 saturated carbocycles. The van der Waals surface area contributed by atoms with E-state index in [1.165, 1.54) is 0 Å². The molecule has 0 radical (unpaired) electrons. The van der Waals surface area contributed by atoms with Gasteiger partial charge in [0.2, 0.25) is 0 Å². The van der Waals surface area contributed by atoms with E-state index < -0.39 is 0 Å². The van der Waals surface area contributed by atoms with Gasteiger partial charge in [-0.25, -0.2) is 4.98 Å². The van der Waals surface area contributed by atoms with E-state index in [2.05, 4.69) is 9.88 Å². The van der Waals surface area contributed by atoms with Gasteiger partial charge in [0, 0.05) is 49.5 Å². The lowest BCUT2D eigenvalue weighted by molar-refractivity contribution is 0.0749. The summed E-state index contributed by atoms with van der Waals surface area (Å²) in [6, 6.07) is 21.4. The van der Waals surface area contributed by atoms with Crippen LogP contribution in [0, 0.1) is 0 Å². The summed E-state index contributed by atoms with van der Waals surface area (Å²) in [5.41, 5.74) is 4.24. The SMILES string of the molecule is O=C(c1cc(-c2ccncc2)nc2ccccc12)N1CCN(c2ccccc2Cl)CC1. The van der Waals surface area contributed by atoms with Crippen LogP contribution in [0.2, 0.25) is 5.02 Å². The molecule has 5 rings (SSSR count). The van der Waals surface area contributed by atoms with Crippen molar-refractivity contribution in [1.29, 1.82) is 0 Å². The van der Waals surface area contributed by atoms with Crippen LogP contribution in [0.4, 0.5) is 5.69 Å². The van der Waals surface area contributed by atoms with E-state index >= 15 is 0 Å². The quantitative estimate of drug-likeness (QED) is 0.465. The fraction of sp³-hybridized carbons (Fsp3) is 0.160. The molecule has 1 saturated heterocycles. The summed E-state index contributed by atoms with van der Waals surface area (Å²) >= 11 is 6.36. The van der Waals surface area contributed by atoms with Crippen LogP contribution in [0.3, 0.4) is 0 Å². The fourth-order valence-corrected chi connectivity index (χ4v) is 4.31. The normalized spacial score (nSPS) is 14.1. The first-order valence-electron chi connectivity index (χ1n) is 10.3. The number of pyridine rings is 2. The number of fused-ring (bicyclic) bond motifs is 1. The molecule has 154 valence electrons. The van der Waals surface area contributed by atoms with Gasteiger partial charge in [0.05, 0.1) is 27.5 Å². The van der Waals surface area contributed by atoms with Gasteiger partial charge in [0.25, 0.3) is 5.91 Å². The van der Waals surface area contributed by atoms with E-state index in [-0.39, 0.29) is 5.91 Å². The molecule has 0 unspecified atom stereocenters. The summed E-state index contributed by atoms with van der Waals surface area (Å²) in [7, 11) is 0. The molecule has 0 atom stereocenters. The molecule has 2 aromatic heterocycles. The van der Waals surface area contributed by atoms with E-state index in [9.17, 15) is 4.79 Å². The van der Waals surface area contributed by atoms with Crippen molar-refractivity contribution in [2.45, 2.75) is 0 Å². The Morgan fingerprint density at radius 1 is 0.871 bits per heavy atom. The molecule has 0 N–H and O–H groups in total. The third kappa shape index (κ3) is 3.84. The summed E-state index contributed by atoms with van der Waals surface area (Å²) in [5, 5.41) is 1.61. The van der Waals surface area contributed by atoms with Crippen LogP contribution >= 0.6 is 11.6 Å². The third-order valence-corrected chi connectivity index (χ3v) is 6.00. The van der Waals surface area contributed by atoms with Crippen molar-refractivity contribution in [3.63, 3.8) is 0 Å². The van der Waals surface area contributed by atoms with Gasteiger partial charge in [-0.15, -0.1) is 0 Å². The highest BCUT2D eigenvalue weighted by Crippen LogP contribution is 2.28. The summed E-state index contributed by atoms with van der Waals surface area (Å²) in [6.45, 7) is 2.78. The number of aromatic nitrogens is 2. The molecule has 31 heavy (non-hydrogen) atoms. The number of anilines is 1. The number of rotatable bonds is 3. The van der Waals surface area contributed by atoms with Crippen LogP contribution in [0.15, 0.2) is 79.1 Å². The average Bonchev–Trinajstić information content (AvgIpc) is 2.84. The van der Waals surface area contributed by atoms with Gasteiger partial charge in [-0.3, -0.25) is 9.78 Å². The topological polar surface area (TPSA) is 49.3 Å². The number of piperazine rings is 1. The van der Waals surface area contributed by atoms with Gasteiger partial charge in [0.15, 0.2) is 0 Å². The minimum atomic E-state index is 0.0349. The first-order chi connectivity index (χ1) is 15.2. The second-order valence-corrected chi connectivity index (χ2v) is 7.95. The standard InChI is InChI=1S/C25H21ClN4O/c26-21-6-2-4-8-24(21)29-13-15-30(16-14-29)25(31)20-17-23(18-9-11-27-12-10-18)28-22-7-3-1-5-19(20)22/h1-12,17H,13-16H2. The van der Waals surface area contributed by atoms with Gasteiger partial charge in [-0.05, 0) is 36.4 Å². The molecule has 0 aliphatic carbocycles. The highest BCUT2D eigenvalue weighted by atomic mass is 35.5. The van der Waals surface area contributed by atoms with Crippen LogP contribution in [-0.4, -0.2) is 47.0 Å². The Morgan fingerprint density at radius 3 is 2.35 bits per heavy atom. The number of para-hydroxylation sites is 2. The number of nitrogens with zero attached hydrogens (tertiary/aromatic N) is 4. The van der Waals surface area contributed by atoms with Crippen LogP contribution in [0.5, 0.6) is 0 Å². The van der Waals surface area contributed by atoms with Crippen molar-refractivity contribution in [2.24, 2.45) is 0 Å². The zero-order valence-corrected chi connectivity index (χ0v) is 17.7. The number of hydrogen-bond donors (Lipinski definition) is 0. The largest absolute Gasteiger partial charge is 0.367 e. The Morgan fingerprint density at radius 2 is 1.58 bits per heavy atom. The Bertz CT molecular complexity index is 1240. The fourth-order valence-electron chi connectivity index (χ4n) is 4.05. The molecule has 5 nitrogen and oxygen atoms in total. The highest BCUT2D eigenvalue weighted by molar-refractivity contribution is 6.33. The molecule has 1 aliphatic heterocycles. The van der Waals surface area contributed by atoms with Crippen LogP contribution in [0.1, 0.15) is 10.4 Å². The van der Waals surface area contributed by atoms with Gasteiger partial charge in [-0.2, -0.15) is 0 Å². The highest BCUT2D eigenvalue weighted by Gasteiger charge is 2.25. The van der Waals surface area contributed by atoms with E-state index in [0.717, 1.165) is 46.0 Å². The van der Waals surface area contributed by atoms with Gasteiger partial charge in [-0.1, -0.05) is 41.9 Å². The number of benzene rings is 2. The maximum Gasteiger partial charge on any atom is 0.254 e. The van der Waals surface area contributed by atoms with Crippen molar-refractivity contribution < 1.29 is 4.79 Å². The van der Waals surface area contributed by atoms with E-state index in [1.54, 1.807) is 12.4 Å². The Kier molecular flexibility index (Phi) is 5.26. The van der Waals surface area contributed by atoms with E-state index in [4.69, 9.17) is 16.6 Å². The smallest absolute Gasteiger partial charge is 0.254 e. The molecular weight excluding hydrogens is 408 g/mol. The summed E-state index contributed by atoms with van der Waals surface area (Å²) in [5.74, 6) is 0.0349. The molecule has 1 fully saturated rings. The summed E-state index contributed by atoms with van der Waals surface area (Å²) in [4.78, 5) is 26.6. The van der Waals surface area contributed by atoms with Crippen LogP contribution < -0.4 is 4.90 Å². The van der Waals surface area contributed by atoms with Crippen molar-refractivity contribution in [3.8, 4) is 11.3 Å². The maximum atomic E-state index is 13.5. The molecule has 3 heterocycles. The van der Waals surface area contributed by atoms with E-state index in [0.29, 0.717) is 18.7 Å². The first kappa shape index (κ1) is 19.5.